The van der Waals surface area contributed by atoms with Crippen molar-refractivity contribution >= 4 is 33.8 Å². The Bertz CT molecular complexity index is 835. The summed E-state index contributed by atoms with van der Waals surface area (Å²) in [7, 11) is 0. The van der Waals surface area contributed by atoms with Crippen LogP contribution in [-0.4, -0.2) is 26.0 Å². The molecule has 25 heavy (non-hydrogen) atoms. The van der Waals surface area contributed by atoms with Crippen molar-refractivity contribution in [3.05, 3.63) is 48.5 Å². The first-order chi connectivity index (χ1) is 11.8. The van der Waals surface area contributed by atoms with Crippen LogP contribution in [0.2, 0.25) is 0 Å². The molecule has 2 aromatic rings. The summed E-state index contributed by atoms with van der Waals surface area (Å²) in [6.45, 7) is 3.41. The maximum Gasteiger partial charge on any atom is 0.279 e. The van der Waals surface area contributed by atoms with Gasteiger partial charge in [-0.25, -0.2) is 0 Å². The number of aryl methyl sites for hydroxylation is 1. The number of non-ortho nitro benzene ring substituents is 1. The third kappa shape index (κ3) is 4.32. The van der Waals surface area contributed by atoms with Gasteiger partial charge in [0.2, 0.25) is 5.13 Å². The molecule has 1 amide bonds. The van der Waals surface area contributed by atoms with Gasteiger partial charge in [0.05, 0.1) is 21.5 Å². The van der Waals surface area contributed by atoms with Crippen molar-refractivity contribution in [1.82, 2.24) is 10.2 Å². The third-order valence-corrected chi connectivity index (χ3v) is 4.35. The van der Waals surface area contributed by atoms with Gasteiger partial charge in [-0.1, -0.05) is 24.7 Å². The smallest absolute Gasteiger partial charge is 0.279 e. The van der Waals surface area contributed by atoms with E-state index in [2.05, 4.69) is 15.5 Å². The summed E-state index contributed by atoms with van der Waals surface area (Å²) in [5.41, 5.74) is -1.11. The number of nitro groups is 2. The van der Waals surface area contributed by atoms with Crippen LogP contribution in [0.4, 0.5) is 16.5 Å². The summed E-state index contributed by atoms with van der Waals surface area (Å²) < 4.78 is 0. The SMILES string of the molecule is CCCCc1nnc(NC(=O)c2cc([N+](=O)[O-])cc([N+](=O)[O-])c2C)s1. The van der Waals surface area contributed by atoms with E-state index < -0.39 is 27.1 Å². The fourth-order valence-electron chi connectivity index (χ4n) is 2.11. The molecule has 0 aliphatic heterocycles. The lowest BCUT2D eigenvalue weighted by Crippen LogP contribution is -2.14. The van der Waals surface area contributed by atoms with E-state index in [-0.39, 0.29) is 16.3 Å². The lowest BCUT2D eigenvalue weighted by atomic mass is 10.0. The van der Waals surface area contributed by atoms with Crippen molar-refractivity contribution in [3.63, 3.8) is 0 Å². The van der Waals surface area contributed by atoms with Crippen LogP contribution in [0.1, 0.15) is 40.7 Å². The molecule has 132 valence electrons. The predicted molar refractivity (Wildman–Crippen MR) is 91.0 cm³/mol. The highest BCUT2D eigenvalue weighted by Gasteiger charge is 2.25. The van der Waals surface area contributed by atoms with Crippen LogP contribution in [0.25, 0.3) is 0 Å². The second-order valence-electron chi connectivity index (χ2n) is 5.21. The molecule has 1 aromatic heterocycles. The van der Waals surface area contributed by atoms with Crippen LogP contribution in [0.15, 0.2) is 12.1 Å². The van der Waals surface area contributed by atoms with Gasteiger partial charge in [0.1, 0.15) is 5.01 Å². The minimum Gasteiger partial charge on any atom is -0.296 e. The molecule has 0 aliphatic rings. The number of nitro benzene ring substituents is 2. The molecule has 0 atom stereocenters. The number of benzene rings is 1. The number of nitrogens with one attached hydrogen (secondary N) is 1. The predicted octanol–water partition coefficient (Wildman–Crippen LogP) is 3.26. The number of nitrogens with zero attached hydrogens (tertiary/aromatic N) is 4. The van der Waals surface area contributed by atoms with E-state index in [0.717, 1.165) is 36.4 Å². The normalized spacial score (nSPS) is 10.5. The van der Waals surface area contributed by atoms with Gasteiger partial charge < -0.3 is 0 Å². The molecule has 0 unspecified atom stereocenters. The Morgan fingerprint density at radius 1 is 1.24 bits per heavy atom. The minimum absolute atomic E-state index is 0.0452. The van der Waals surface area contributed by atoms with Crippen LogP contribution in [0.3, 0.4) is 0 Å². The van der Waals surface area contributed by atoms with Crippen molar-refractivity contribution < 1.29 is 14.6 Å². The maximum absolute atomic E-state index is 12.4. The van der Waals surface area contributed by atoms with E-state index in [0.29, 0.717) is 0 Å². The van der Waals surface area contributed by atoms with E-state index in [4.69, 9.17) is 0 Å². The fraction of sp³-hybridized carbons (Fsp3) is 0.357. The first-order valence-corrected chi connectivity index (χ1v) is 8.22. The Morgan fingerprint density at radius 3 is 2.56 bits per heavy atom. The molecule has 0 spiro atoms. The van der Waals surface area contributed by atoms with Gasteiger partial charge in [-0.05, 0) is 13.3 Å². The Morgan fingerprint density at radius 2 is 1.96 bits per heavy atom. The average Bonchev–Trinajstić information content (AvgIpc) is 2.99. The Balaban J connectivity index is 2.30. The number of carbonyl (C=O) groups is 1. The number of amides is 1. The zero-order valence-electron chi connectivity index (χ0n) is 13.5. The summed E-state index contributed by atoms with van der Waals surface area (Å²) in [5.74, 6) is -0.706. The largest absolute Gasteiger partial charge is 0.296 e. The van der Waals surface area contributed by atoms with E-state index in [1.54, 1.807) is 0 Å². The number of unbranched alkanes of at least 4 members (excludes halogenated alkanes) is 1. The van der Waals surface area contributed by atoms with Crippen LogP contribution in [0, 0.1) is 27.2 Å². The van der Waals surface area contributed by atoms with Crippen molar-refractivity contribution in [3.8, 4) is 0 Å². The number of anilines is 1. The molecule has 1 aromatic carbocycles. The summed E-state index contributed by atoms with van der Waals surface area (Å²) in [6, 6.07) is 1.84. The third-order valence-electron chi connectivity index (χ3n) is 3.45. The van der Waals surface area contributed by atoms with Crippen LogP contribution < -0.4 is 5.32 Å². The summed E-state index contributed by atoms with van der Waals surface area (Å²) in [4.78, 5) is 32.9. The number of aromatic nitrogens is 2. The van der Waals surface area contributed by atoms with Crippen molar-refractivity contribution in [2.24, 2.45) is 0 Å². The molecular formula is C14H15N5O5S. The summed E-state index contributed by atoms with van der Waals surface area (Å²) >= 11 is 1.20. The van der Waals surface area contributed by atoms with E-state index >= 15 is 0 Å². The molecular weight excluding hydrogens is 350 g/mol. The zero-order valence-corrected chi connectivity index (χ0v) is 14.3. The summed E-state index contributed by atoms with van der Waals surface area (Å²) in [6.07, 6.45) is 2.68. The molecule has 1 heterocycles. The molecule has 0 bridgehead atoms. The quantitative estimate of drug-likeness (QED) is 0.586. The standard InChI is InChI=1S/C14H15N5O5S/c1-3-4-5-12-16-17-14(25-12)15-13(20)10-6-9(18(21)22)7-11(8(10)2)19(23)24/h6-7H,3-5H2,1-2H3,(H,15,17,20). The number of rotatable bonds is 7. The second-order valence-corrected chi connectivity index (χ2v) is 6.27. The molecule has 11 heteroatoms. The molecule has 10 nitrogen and oxygen atoms in total. The highest BCUT2D eigenvalue weighted by Crippen LogP contribution is 2.29. The van der Waals surface area contributed by atoms with Gasteiger partial charge in [0.25, 0.3) is 17.3 Å². The lowest BCUT2D eigenvalue weighted by molar-refractivity contribution is -0.394. The molecule has 1 N–H and O–H groups in total. The first-order valence-electron chi connectivity index (χ1n) is 7.40. The number of carbonyl (C=O) groups excluding carboxylic acids is 1. The maximum atomic E-state index is 12.4. The molecule has 0 fully saturated rings. The minimum atomic E-state index is -0.781. The molecule has 0 radical (unpaired) electrons. The fourth-order valence-corrected chi connectivity index (χ4v) is 2.89. The molecule has 2 rings (SSSR count). The van der Waals surface area contributed by atoms with Crippen molar-refractivity contribution in [2.75, 3.05) is 5.32 Å². The highest BCUT2D eigenvalue weighted by atomic mass is 32.1. The van der Waals surface area contributed by atoms with Gasteiger partial charge in [-0.15, -0.1) is 10.2 Å². The van der Waals surface area contributed by atoms with Gasteiger partial charge in [0.15, 0.2) is 0 Å². The molecule has 0 aliphatic carbocycles. The van der Waals surface area contributed by atoms with Crippen molar-refractivity contribution in [1.29, 1.82) is 0 Å². The Kier molecular flexibility index (Phi) is 5.70. The van der Waals surface area contributed by atoms with Crippen LogP contribution in [0.5, 0.6) is 0 Å². The average molecular weight is 365 g/mol. The highest BCUT2D eigenvalue weighted by molar-refractivity contribution is 7.15. The summed E-state index contributed by atoms with van der Waals surface area (Å²) in [5, 5.41) is 33.3. The lowest BCUT2D eigenvalue weighted by Gasteiger charge is -2.06. The van der Waals surface area contributed by atoms with E-state index in [1.165, 1.54) is 18.3 Å². The van der Waals surface area contributed by atoms with Gasteiger partial charge in [0, 0.05) is 18.1 Å². The van der Waals surface area contributed by atoms with Crippen LogP contribution >= 0.6 is 11.3 Å². The topological polar surface area (TPSA) is 141 Å². The molecule has 0 saturated carbocycles. The van der Waals surface area contributed by atoms with Gasteiger partial charge in [-0.3, -0.25) is 30.3 Å². The Hall–Kier alpha value is -2.95. The van der Waals surface area contributed by atoms with Gasteiger partial charge >= 0.3 is 0 Å². The monoisotopic (exact) mass is 365 g/mol. The van der Waals surface area contributed by atoms with Crippen LogP contribution in [-0.2, 0) is 6.42 Å². The molecule has 0 saturated heterocycles. The zero-order chi connectivity index (χ0) is 18.6. The van der Waals surface area contributed by atoms with E-state index in [1.807, 2.05) is 6.92 Å². The Labute approximate surface area is 146 Å². The number of hydrogen-bond donors (Lipinski definition) is 1. The second kappa shape index (κ2) is 7.75. The van der Waals surface area contributed by atoms with E-state index in [9.17, 15) is 25.0 Å². The first kappa shape index (κ1) is 18.4. The van der Waals surface area contributed by atoms with Crippen molar-refractivity contribution in [2.45, 2.75) is 33.1 Å². The van der Waals surface area contributed by atoms with Gasteiger partial charge in [-0.2, -0.15) is 0 Å². The number of hydrogen-bond acceptors (Lipinski definition) is 8.